The van der Waals surface area contributed by atoms with E-state index in [2.05, 4.69) is 24.3 Å². The van der Waals surface area contributed by atoms with Crippen LogP contribution in [0.4, 0.5) is 11.4 Å². The normalized spacial score (nSPS) is 16.2. The highest BCUT2D eigenvalue weighted by Gasteiger charge is 2.15. The van der Waals surface area contributed by atoms with Crippen molar-refractivity contribution < 1.29 is 0 Å². The summed E-state index contributed by atoms with van der Waals surface area (Å²) in [7, 11) is 0. The maximum Gasteiger partial charge on any atom is 0.0395 e. The summed E-state index contributed by atoms with van der Waals surface area (Å²) in [4.78, 5) is 0. The number of anilines is 2. The summed E-state index contributed by atoms with van der Waals surface area (Å²) in [6, 6.07) is 14.5. The predicted molar refractivity (Wildman–Crippen MR) is 86.5 cm³/mol. The first-order valence-corrected chi connectivity index (χ1v) is 7.49. The highest BCUT2D eigenvalue weighted by Crippen LogP contribution is 2.34. The van der Waals surface area contributed by atoms with Crippen molar-refractivity contribution in [1.29, 1.82) is 0 Å². The van der Waals surface area contributed by atoms with Gasteiger partial charge < -0.3 is 11.5 Å². The van der Waals surface area contributed by atoms with Gasteiger partial charge in [0.2, 0.25) is 0 Å². The molecule has 20 heavy (non-hydrogen) atoms. The van der Waals surface area contributed by atoms with Crippen molar-refractivity contribution >= 4 is 11.4 Å². The first-order valence-electron chi connectivity index (χ1n) is 7.49. The topological polar surface area (TPSA) is 52.0 Å². The molecule has 0 spiro atoms. The molecule has 1 saturated carbocycles. The average molecular weight is 266 g/mol. The van der Waals surface area contributed by atoms with Gasteiger partial charge in [-0.05, 0) is 48.1 Å². The summed E-state index contributed by atoms with van der Waals surface area (Å²) in [6.07, 6.45) is 6.80. The van der Waals surface area contributed by atoms with Crippen molar-refractivity contribution in [1.82, 2.24) is 0 Å². The van der Waals surface area contributed by atoms with Crippen LogP contribution < -0.4 is 11.5 Å². The van der Waals surface area contributed by atoms with Gasteiger partial charge in [0, 0.05) is 16.9 Å². The van der Waals surface area contributed by atoms with E-state index in [0.29, 0.717) is 0 Å². The van der Waals surface area contributed by atoms with Crippen LogP contribution in [0.15, 0.2) is 42.5 Å². The molecule has 2 heteroatoms. The Morgan fingerprint density at radius 3 is 2.20 bits per heavy atom. The monoisotopic (exact) mass is 266 g/mol. The summed E-state index contributed by atoms with van der Waals surface area (Å²) >= 11 is 0. The summed E-state index contributed by atoms with van der Waals surface area (Å²) < 4.78 is 0. The Balaban J connectivity index is 1.87. The summed E-state index contributed by atoms with van der Waals surface area (Å²) in [5.41, 5.74) is 17.1. The zero-order valence-electron chi connectivity index (χ0n) is 11.8. The van der Waals surface area contributed by atoms with E-state index < -0.39 is 0 Å². The van der Waals surface area contributed by atoms with Gasteiger partial charge in [0.05, 0.1) is 0 Å². The Hall–Kier alpha value is -1.96. The van der Waals surface area contributed by atoms with Crippen LogP contribution in [0.1, 0.15) is 43.6 Å². The average Bonchev–Trinajstić information content (AvgIpc) is 2.51. The van der Waals surface area contributed by atoms with E-state index in [-0.39, 0.29) is 0 Å². The molecule has 0 bridgehead atoms. The second kappa shape index (κ2) is 5.58. The molecule has 1 aliphatic rings. The molecule has 0 amide bonds. The van der Waals surface area contributed by atoms with Crippen molar-refractivity contribution in [3.8, 4) is 11.1 Å². The Bertz CT molecular complexity index is 581. The van der Waals surface area contributed by atoms with Crippen molar-refractivity contribution in [2.75, 3.05) is 11.5 Å². The molecule has 0 unspecified atom stereocenters. The predicted octanol–water partition coefficient (Wildman–Crippen LogP) is 4.57. The molecule has 2 nitrogen and oxygen atoms in total. The van der Waals surface area contributed by atoms with E-state index in [0.717, 1.165) is 28.4 Å². The largest absolute Gasteiger partial charge is 0.399 e. The number of nitrogens with two attached hydrogens (primary N) is 2. The number of rotatable bonds is 2. The fourth-order valence-corrected chi connectivity index (χ4v) is 3.19. The van der Waals surface area contributed by atoms with Gasteiger partial charge in [0.25, 0.3) is 0 Å². The highest BCUT2D eigenvalue weighted by atomic mass is 14.6. The van der Waals surface area contributed by atoms with Crippen molar-refractivity contribution in [3.05, 3.63) is 48.0 Å². The van der Waals surface area contributed by atoms with Gasteiger partial charge in [-0.25, -0.2) is 0 Å². The molecule has 0 heterocycles. The van der Waals surface area contributed by atoms with Crippen LogP contribution in [-0.2, 0) is 0 Å². The van der Waals surface area contributed by atoms with Gasteiger partial charge in [-0.3, -0.25) is 0 Å². The molecule has 2 aromatic carbocycles. The summed E-state index contributed by atoms with van der Waals surface area (Å²) in [5, 5.41) is 0. The Morgan fingerprint density at radius 2 is 1.50 bits per heavy atom. The molecular formula is C18H22N2. The van der Waals surface area contributed by atoms with Crippen LogP contribution in [0, 0.1) is 0 Å². The molecule has 1 fully saturated rings. The van der Waals surface area contributed by atoms with E-state index in [1.807, 2.05) is 18.2 Å². The smallest absolute Gasteiger partial charge is 0.0395 e. The van der Waals surface area contributed by atoms with Gasteiger partial charge in [0.15, 0.2) is 0 Å². The van der Waals surface area contributed by atoms with Crippen LogP contribution in [0.3, 0.4) is 0 Å². The van der Waals surface area contributed by atoms with Crippen molar-refractivity contribution in [2.45, 2.75) is 38.0 Å². The molecule has 0 radical (unpaired) electrons. The van der Waals surface area contributed by atoms with Gasteiger partial charge >= 0.3 is 0 Å². The van der Waals surface area contributed by atoms with Gasteiger partial charge in [-0.2, -0.15) is 0 Å². The number of hydrogen-bond acceptors (Lipinski definition) is 2. The lowest BCUT2D eigenvalue weighted by Crippen LogP contribution is -2.04. The molecule has 4 N–H and O–H groups in total. The Morgan fingerprint density at radius 1 is 0.800 bits per heavy atom. The van der Waals surface area contributed by atoms with E-state index in [1.54, 1.807) is 0 Å². The summed E-state index contributed by atoms with van der Waals surface area (Å²) in [5.74, 6) is 0.746. The van der Waals surface area contributed by atoms with Crippen LogP contribution in [-0.4, -0.2) is 0 Å². The van der Waals surface area contributed by atoms with Gasteiger partial charge in [0.1, 0.15) is 0 Å². The van der Waals surface area contributed by atoms with Crippen LogP contribution >= 0.6 is 0 Å². The fourth-order valence-electron chi connectivity index (χ4n) is 3.19. The van der Waals surface area contributed by atoms with Crippen LogP contribution in [0.25, 0.3) is 11.1 Å². The molecule has 1 aliphatic carbocycles. The maximum atomic E-state index is 6.05. The van der Waals surface area contributed by atoms with E-state index in [9.17, 15) is 0 Å². The number of nitrogen functional groups attached to an aromatic ring is 2. The molecule has 0 aromatic heterocycles. The minimum absolute atomic E-state index is 0.746. The quantitative estimate of drug-likeness (QED) is 0.782. The lowest BCUT2D eigenvalue weighted by Gasteiger charge is -2.22. The lowest BCUT2D eigenvalue weighted by molar-refractivity contribution is 0.443. The first kappa shape index (κ1) is 13.0. The lowest BCUT2D eigenvalue weighted by atomic mass is 9.83. The third kappa shape index (κ3) is 2.64. The fraction of sp³-hybridized carbons (Fsp3) is 0.333. The Kier molecular flexibility index (Phi) is 3.64. The Labute approximate surface area is 120 Å². The molecule has 0 saturated heterocycles. The third-order valence-corrected chi connectivity index (χ3v) is 4.38. The number of hydrogen-bond donors (Lipinski definition) is 2. The minimum Gasteiger partial charge on any atom is -0.399 e. The zero-order chi connectivity index (χ0) is 13.9. The third-order valence-electron chi connectivity index (χ3n) is 4.38. The second-order valence-electron chi connectivity index (χ2n) is 5.80. The van der Waals surface area contributed by atoms with E-state index >= 15 is 0 Å². The molecule has 3 rings (SSSR count). The van der Waals surface area contributed by atoms with E-state index in [1.165, 1.54) is 37.7 Å². The minimum atomic E-state index is 0.746. The van der Waals surface area contributed by atoms with E-state index in [4.69, 9.17) is 11.5 Å². The second-order valence-corrected chi connectivity index (χ2v) is 5.80. The summed E-state index contributed by atoms with van der Waals surface area (Å²) in [6.45, 7) is 0. The van der Waals surface area contributed by atoms with Gasteiger partial charge in [-0.15, -0.1) is 0 Å². The molecular weight excluding hydrogens is 244 g/mol. The standard InChI is InChI=1S/C18H22N2/c19-16-10-11-18(20)17(12-16)15-8-6-14(7-9-15)13-4-2-1-3-5-13/h6-13H,1-5,19-20H2. The molecule has 104 valence electrons. The molecule has 2 aromatic rings. The first-order chi connectivity index (χ1) is 9.74. The number of benzene rings is 2. The van der Waals surface area contributed by atoms with Crippen molar-refractivity contribution in [2.24, 2.45) is 0 Å². The molecule has 0 atom stereocenters. The van der Waals surface area contributed by atoms with Crippen LogP contribution in [0.5, 0.6) is 0 Å². The maximum absolute atomic E-state index is 6.05. The highest BCUT2D eigenvalue weighted by molar-refractivity contribution is 5.79. The molecule has 0 aliphatic heterocycles. The SMILES string of the molecule is Nc1ccc(N)c(-c2ccc(C3CCCCC3)cc2)c1. The zero-order valence-corrected chi connectivity index (χ0v) is 11.8. The van der Waals surface area contributed by atoms with Gasteiger partial charge in [-0.1, -0.05) is 43.5 Å². The van der Waals surface area contributed by atoms with Crippen molar-refractivity contribution in [3.63, 3.8) is 0 Å². The van der Waals surface area contributed by atoms with Crippen LogP contribution in [0.2, 0.25) is 0 Å².